The van der Waals surface area contributed by atoms with Crippen molar-refractivity contribution in [2.24, 2.45) is 0 Å². The number of nitriles is 1. The van der Waals surface area contributed by atoms with E-state index in [4.69, 9.17) is 16.9 Å². The van der Waals surface area contributed by atoms with E-state index in [1.54, 1.807) is 0 Å². The van der Waals surface area contributed by atoms with Crippen LogP contribution in [0.4, 0.5) is 5.69 Å². The molecular formula is C13H13ClN2. The maximum atomic E-state index is 8.83. The summed E-state index contributed by atoms with van der Waals surface area (Å²) in [6.45, 7) is 1.49. The van der Waals surface area contributed by atoms with Gasteiger partial charge in [0.1, 0.15) is 6.54 Å². The van der Waals surface area contributed by atoms with Gasteiger partial charge in [-0.05, 0) is 42.5 Å². The number of halogens is 1. The lowest BCUT2D eigenvalue weighted by atomic mass is 9.84. The van der Waals surface area contributed by atoms with E-state index in [2.05, 4.69) is 17.0 Å². The minimum atomic E-state index is 0.491. The smallest absolute Gasteiger partial charge is 0.105 e. The molecular weight excluding hydrogens is 220 g/mol. The van der Waals surface area contributed by atoms with Gasteiger partial charge in [0, 0.05) is 23.2 Å². The number of rotatable bonds is 1. The monoisotopic (exact) mass is 232 g/mol. The summed E-state index contributed by atoms with van der Waals surface area (Å²) in [5, 5.41) is 9.74. The van der Waals surface area contributed by atoms with Crippen LogP contribution in [0.25, 0.3) is 0 Å². The molecule has 3 rings (SSSR count). The third-order valence-corrected chi connectivity index (χ3v) is 4.06. The van der Waals surface area contributed by atoms with Crippen LogP contribution in [-0.4, -0.2) is 13.1 Å². The molecule has 0 amide bonds. The highest BCUT2D eigenvalue weighted by molar-refractivity contribution is 6.31. The molecule has 0 radical (unpaired) electrons. The highest BCUT2D eigenvalue weighted by atomic mass is 35.5. The van der Waals surface area contributed by atoms with Crippen LogP contribution in [0.15, 0.2) is 12.1 Å². The molecule has 0 saturated carbocycles. The first-order valence-corrected chi connectivity index (χ1v) is 6.12. The lowest BCUT2D eigenvalue weighted by Gasteiger charge is -2.21. The Labute approximate surface area is 100 Å². The van der Waals surface area contributed by atoms with Crippen molar-refractivity contribution in [3.63, 3.8) is 0 Å². The zero-order valence-electron chi connectivity index (χ0n) is 9.04. The molecule has 2 nitrogen and oxygen atoms in total. The SMILES string of the molecule is N#CCN1CC2CCCc3c(Cl)ccc1c32. The van der Waals surface area contributed by atoms with E-state index < -0.39 is 0 Å². The van der Waals surface area contributed by atoms with Gasteiger partial charge in [-0.1, -0.05) is 11.6 Å². The summed E-state index contributed by atoms with van der Waals surface area (Å²) in [4.78, 5) is 2.19. The average molecular weight is 233 g/mol. The van der Waals surface area contributed by atoms with Gasteiger partial charge in [0.25, 0.3) is 0 Å². The number of hydrogen-bond acceptors (Lipinski definition) is 2. The molecule has 2 aliphatic rings. The van der Waals surface area contributed by atoms with E-state index >= 15 is 0 Å². The molecule has 0 bridgehead atoms. The standard InChI is InChI=1S/C13H13ClN2/c14-11-4-5-12-13-9(2-1-3-10(11)13)8-16(12)7-6-15/h4-5,9H,1-3,7-8H2. The summed E-state index contributed by atoms with van der Waals surface area (Å²) < 4.78 is 0. The van der Waals surface area contributed by atoms with Crippen LogP contribution in [0.3, 0.4) is 0 Å². The van der Waals surface area contributed by atoms with Crippen molar-refractivity contribution in [1.29, 1.82) is 5.26 Å². The second kappa shape index (κ2) is 3.68. The first kappa shape index (κ1) is 9.99. The maximum absolute atomic E-state index is 8.83. The molecule has 1 atom stereocenters. The van der Waals surface area contributed by atoms with Crippen LogP contribution < -0.4 is 4.90 Å². The molecule has 1 aromatic carbocycles. The van der Waals surface area contributed by atoms with Gasteiger partial charge < -0.3 is 4.90 Å². The minimum absolute atomic E-state index is 0.491. The Balaban J connectivity index is 2.13. The molecule has 0 fully saturated rings. The lowest BCUT2D eigenvalue weighted by molar-refractivity contribution is 0.577. The van der Waals surface area contributed by atoms with Crippen molar-refractivity contribution in [2.75, 3.05) is 18.0 Å². The third-order valence-electron chi connectivity index (χ3n) is 3.71. The Kier molecular flexibility index (Phi) is 2.29. The fraction of sp³-hybridized carbons (Fsp3) is 0.462. The van der Waals surface area contributed by atoms with Crippen molar-refractivity contribution in [3.05, 3.63) is 28.3 Å². The number of benzene rings is 1. The molecule has 1 unspecified atom stereocenters. The number of hydrogen-bond donors (Lipinski definition) is 0. The summed E-state index contributed by atoms with van der Waals surface area (Å²) in [6.07, 6.45) is 3.56. The van der Waals surface area contributed by atoms with Gasteiger partial charge in [0.2, 0.25) is 0 Å². The highest BCUT2D eigenvalue weighted by Crippen LogP contribution is 2.46. The summed E-state index contributed by atoms with van der Waals surface area (Å²) in [7, 11) is 0. The second-order valence-corrected chi connectivity index (χ2v) is 4.99. The summed E-state index contributed by atoms with van der Waals surface area (Å²) in [5.41, 5.74) is 4.00. The molecule has 0 saturated heterocycles. The molecule has 82 valence electrons. The van der Waals surface area contributed by atoms with E-state index in [0.717, 1.165) is 18.0 Å². The quantitative estimate of drug-likeness (QED) is 0.696. The number of nitrogens with zero attached hydrogens (tertiary/aromatic N) is 2. The van der Waals surface area contributed by atoms with Crippen molar-refractivity contribution >= 4 is 17.3 Å². The van der Waals surface area contributed by atoms with Gasteiger partial charge in [-0.15, -0.1) is 0 Å². The van der Waals surface area contributed by atoms with Crippen LogP contribution in [0.2, 0.25) is 5.02 Å². The van der Waals surface area contributed by atoms with E-state index in [0.29, 0.717) is 12.5 Å². The largest absolute Gasteiger partial charge is 0.357 e. The van der Waals surface area contributed by atoms with Crippen LogP contribution in [0, 0.1) is 11.3 Å². The van der Waals surface area contributed by atoms with Crippen LogP contribution in [0.1, 0.15) is 29.9 Å². The third kappa shape index (κ3) is 1.32. The summed E-state index contributed by atoms with van der Waals surface area (Å²) in [6, 6.07) is 6.30. The zero-order valence-corrected chi connectivity index (χ0v) is 9.80. The predicted octanol–water partition coefficient (Wildman–Crippen LogP) is 3.10. The van der Waals surface area contributed by atoms with Crippen molar-refractivity contribution in [1.82, 2.24) is 0 Å². The lowest BCUT2D eigenvalue weighted by Crippen LogP contribution is -2.22. The number of anilines is 1. The molecule has 16 heavy (non-hydrogen) atoms. The van der Waals surface area contributed by atoms with Crippen LogP contribution in [0.5, 0.6) is 0 Å². The van der Waals surface area contributed by atoms with E-state index in [1.807, 2.05) is 6.07 Å². The van der Waals surface area contributed by atoms with Crippen molar-refractivity contribution in [3.8, 4) is 6.07 Å². The van der Waals surface area contributed by atoms with Crippen molar-refractivity contribution < 1.29 is 0 Å². The van der Waals surface area contributed by atoms with E-state index in [-0.39, 0.29) is 0 Å². The molecule has 1 aromatic rings. The second-order valence-electron chi connectivity index (χ2n) is 4.59. The molecule has 0 aromatic heterocycles. The van der Waals surface area contributed by atoms with Gasteiger partial charge in [-0.25, -0.2) is 0 Å². The Morgan fingerprint density at radius 2 is 2.38 bits per heavy atom. The van der Waals surface area contributed by atoms with Crippen LogP contribution >= 0.6 is 11.6 Å². The van der Waals surface area contributed by atoms with Gasteiger partial charge in [-0.3, -0.25) is 0 Å². The van der Waals surface area contributed by atoms with Crippen LogP contribution in [-0.2, 0) is 6.42 Å². The fourth-order valence-corrected chi connectivity index (χ4v) is 3.32. The van der Waals surface area contributed by atoms with Gasteiger partial charge >= 0.3 is 0 Å². The van der Waals surface area contributed by atoms with Gasteiger partial charge in [0.15, 0.2) is 0 Å². The van der Waals surface area contributed by atoms with E-state index in [1.165, 1.54) is 29.7 Å². The molecule has 1 aliphatic heterocycles. The molecule has 3 heteroatoms. The fourth-order valence-electron chi connectivity index (χ4n) is 3.06. The Bertz CT molecular complexity index is 476. The topological polar surface area (TPSA) is 27.0 Å². The Hall–Kier alpha value is -1.20. The average Bonchev–Trinajstić information content (AvgIpc) is 2.64. The maximum Gasteiger partial charge on any atom is 0.105 e. The Morgan fingerprint density at radius 3 is 3.19 bits per heavy atom. The van der Waals surface area contributed by atoms with Gasteiger partial charge in [0.05, 0.1) is 6.07 Å². The summed E-state index contributed by atoms with van der Waals surface area (Å²) in [5.74, 6) is 0.603. The van der Waals surface area contributed by atoms with E-state index in [9.17, 15) is 0 Å². The highest BCUT2D eigenvalue weighted by Gasteiger charge is 2.33. The molecule has 1 heterocycles. The summed E-state index contributed by atoms with van der Waals surface area (Å²) >= 11 is 6.25. The normalized spacial score (nSPS) is 21.8. The molecule has 0 spiro atoms. The molecule has 0 N–H and O–H groups in total. The first-order valence-electron chi connectivity index (χ1n) is 5.74. The Morgan fingerprint density at radius 1 is 1.50 bits per heavy atom. The van der Waals surface area contributed by atoms with Gasteiger partial charge in [-0.2, -0.15) is 5.26 Å². The minimum Gasteiger partial charge on any atom is -0.357 e. The predicted molar refractivity (Wildman–Crippen MR) is 65.0 cm³/mol. The molecule has 1 aliphatic carbocycles. The first-order chi connectivity index (χ1) is 7.81. The van der Waals surface area contributed by atoms with Crippen molar-refractivity contribution in [2.45, 2.75) is 25.2 Å². The zero-order chi connectivity index (χ0) is 11.1.